The van der Waals surface area contributed by atoms with Gasteiger partial charge >= 0.3 is 5.97 Å². The van der Waals surface area contributed by atoms with Gasteiger partial charge in [-0.15, -0.1) is 0 Å². The van der Waals surface area contributed by atoms with Crippen LogP contribution in [0.5, 0.6) is 5.75 Å². The molecule has 1 N–H and O–H groups in total. The Balaban J connectivity index is 1.49. The first kappa shape index (κ1) is 22.7. The summed E-state index contributed by atoms with van der Waals surface area (Å²) in [6.07, 6.45) is 0.550. The molecule has 2 aromatic carbocycles. The van der Waals surface area contributed by atoms with E-state index in [1.807, 2.05) is 24.0 Å². The summed E-state index contributed by atoms with van der Waals surface area (Å²) in [7, 11) is 0. The zero-order chi connectivity index (χ0) is 22.4. The molecular weight excluding hydrogens is 399 g/mol. The number of halogens is 1. The lowest BCUT2D eigenvalue weighted by Gasteiger charge is -2.44. The van der Waals surface area contributed by atoms with Gasteiger partial charge in [0.1, 0.15) is 11.6 Å². The molecular formula is C24H29FN2O4. The maximum absolute atomic E-state index is 13.1. The van der Waals surface area contributed by atoms with E-state index in [1.165, 1.54) is 12.1 Å². The summed E-state index contributed by atoms with van der Waals surface area (Å²) < 4.78 is 18.8. The number of hydrogen-bond acceptors (Lipinski definition) is 4. The number of rotatable bonds is 8. The predicted octanol–water partition coefficient (Wildman–Crippen LogP) is 3.34. The van der Waals surface area contributed by atoms with Gasteiger partial charge in [0.05, 0.1) is 0 Å². The Bertz CT molecular complexity index is 885. The number of aliphatic carboxylic acids is 1. The molecule has 1 heterocycles. The summed E-state index contributed by atoms with van der Waals surface area (Å²) in [5.41, 5.74) is 1.97. The number of nitrogens with zero attached hydrogens (tertiary/aromatic N) is 2. The number of amides is 1. The monoisotopic (exact) mass is 428 g/mol. The van der Waals surface area contributed by atoms with Gasteiger partial charge in [-0.1, -0.05) is 24.3 Å². The van der Waals surface area contributed by atoms with Crippen LogP contribution in [0.1, 0.15) is 31.4 Å². The van der Waals surface area contributed by atoms with Crippen LogP contribution in [0.25, 0.3) is 0 Å². The zero-order valence-electron chi connectivity index (χ0n) is 18.0. The van der Waals surface area contributed by atoms with E-state index < -0.39 is 5.97 Å². The third kappa shape index (κ3) is 6.52. The van der Waals surface area contributed by atoms with E-state index in [0.29, 0.717) is 18.7 Å². The first-order chi connectivity index (χ1) is 14.8. The standard InChI is InChI=1S/C24H29FN2O4/c1-17-14-27(18(2)13-26(17)15-20-3-8-21(25)9-4-20)23(28)16-31-22-10-5-19(6-11-22)7-12-24(29)30/h3-6,8-11,17-18H,7,12-16H2,1-2H3,(H,29,30). The summed E-state index contributed by atoms with van der Waals surface area (Å²) in [5.74, 6) is -0.540. The SMILES string of the molecule is CC1CN(C(=O)COc2ccc(CCC(=O)O)cc2)C(C)CN1Cc1ccc(F)cc1. The molecule has 0 aromatic heterocycles. The molecule has 2 unspecified atom stereocenters. The van der Waals surface area contributed by atoms with Gasteiger partial charge in [-0.3, -0.25) is 14.5 Å². The molecule has 6 nitrogen and oxygen atoms in total. The number of aryl methyl sites for hydroxylation is 1. The normalized spacial score (nSPS) is 19.3. The fourth-order valence-corrected chi connectivity index (χ4v) is 3.82. The lowest BCUT2D eigenvalue weighted by Crippen LogP contribution is -2.58. The quantitative estimate of drug-likeness (QED) is 0.698. The van der Waals surface area contributed by atoms with E-state index in [0.717, 1.165) is 24.2 Å². The van der Waals surface area contributed by atoms with E-state index in [1.54, 1.807) is 24.3 Å². The minimum atomic E-state index is -0.827. The van der Waals surface area contributed by atoms with Crippen molar-refractivity contribution < 1.29 is 23.8 Å². The van der Waals surface area contributed by atoms with Crippen molar-refractivity contribution >= 4 is 11.9 Å². The maximum Gasteiger partial charge on any atom is 0.303 e. The van der Waals surface area contributed by atoms with Crippen molar-refractivity contribution in [2.24, 2.45) is 0 Å². The highest BCUT2D eigenvalue weighted by atomic mass is 19.1. The highest BCUT2D eigenvalue weighted by molar-refractivity contribution is 5.78. The summed E-state index contributed by atoms with van der Waals surface area (Å²) in [6.45, 7) is 6.15. The van der Waals surface area contributed by atoms with Crippen molar-refractivity contribution in [3.63, 3.8) is 0 Å². The third-order valence-electron chi connectivity index (χ3n) is 5.65. The fraction of sp³-hybridized carbons (Fsp3) is 0.417. The molecule has 0 radical (unpaired) electrons. The largest absolute Gasteiger partial charge is 0.484 e. The molecule has 2 aromatic rings. The molecule has 1 amide bonds. The van der Waals surface area contributed by atoms with Gasteiger partial charge in [-0.25, -0.2) is 4.39 Å². The van der Waals surface area contributed by atoms with Gasteiger partial charge in [0, 0.05) is 38.1 Å². The van der Waals surface area contributed by atoms with E-state index in [9.17, 15) is 14.0 Å². The smallest absolute Gasteiger partial charge is 0.303 e. The number of carbonyl (C=O) groups is 2. The Morgan fingerprint density at radius 2 is 1.65 bits per heavy atom. The highest BCUT2D eigenvalue weighted by Crippen LogP contribution is 2.19. The molecule has 0 spiro atoms. The lowest BCUT2D eigenvalue weighted by atomic mass is 10.1. The predicted molar refractivity (Wildman–Crippen MR) is 115 cm³/mol. The topological polar surface area (TPSA) is 70.1 Å². The van der Waals surface area contributed by atoms with Gasteiger partial charge in [-0.2, -0.15) is 0 Å². The fourth-order valence-electron chi connectivity index (χ4n) is 3.82. The second-order valence-corrected chi connectivity index (χ2v) is 8.13. The molecule has 1 fully saturated rings. The van der Waals surface area contributed by atoms with Gasteiger partial charge < -0.3 is 14.7 Å². The van der Waals surface area contributed by atoms with Crippen molar-refractivity contribution in [1.82, 2.24) is 9.80 Å². The molecule has 0 saturated carbocycles. The van der Waals surface area contributed by atoms with Crippen LogP contribution in [-0.4, -0.2) is 58.6 Å². The van der Waals surface area contributed by atoms with Crippen LogP contribution in [0, 0.1) is 5.82 Å². The number of benzene rings is 2. The zero-order valence-corrected chi connectivity index (χ0v) is 18.0. The molecule has 166 valence electrons. The molecule has 1 saturated heterocycles. The second-order valence-electron chi connectivity index (χ2n) is 8.13. The molecule has 3 rings (SSSR count). The van der Waals surface area contributed by atoms with Gasteiger partial charge in [-0.05, 0) is 55.7 Å². The van der Waals surface area contributed by atoms with Crippen LogP contribution in [-0.2, 0) is 22.6 Å². The summed E-state index contributed by atoms with van der Waals surface area (Å²) in [6, 6.07) is 13.9. The van der Waals surface area contributed by atoms with E-state index in [4.69, 9.17) is 9.84 Å². The van der Waals surface area contributed by atoms with E-state index >= 15 is 0 Å². The minimum Gasteiger partial charge on any atom is -0.484 e. The van der Waals surface area contributed by atoms with Crippen LogP contribution in [0.15, 0.2) is 48.5 Å². The Hall–Kier alpha value is -2.93. The molecule has 7 heteroatoms. The van der Waals surface area contributed by atoms with Gasteiger partial charge in [0.25, 0.3) is 5.91 Å². The summed E-state index contributed by atoms with van der Waals surface area (Å²) in [5, 5.41) is 8.76. The number of ether oxygens (including phenoxy) is 1. The molecule has 0 bridgehead atoms. The highest BCUT2D eigenvalue weighted by Gasteiger charge is 2.32. The first-order valence-corrected chi connectivity index (χ1v) is 10.5. The molecule has 2 atom stereocenters. The van der Waals surface area contributed by atoms with Crippen LogP contribution < -0.4 is 4.74 Å². The first-order valence-electron chi connectivity index (χ1n) is 10.5. The molecule has 1 aliphatic rings. The van der Waals surface area contributed by atoms with E-state index in [-0.39, 0.29) is 36.8 Å². The number of piperazine rings is 1. The van der Waals surface area contributed by atoms with Crippen molar-refractivity contribution in [2.75, 3.05) is 19.7 Å². The minimum absolute atomic E-state index is 0.0382. The maximum atomic E-state index is 13.1. The summed E-state index contributed by atoms with van der Waals surface area (Å²) >= 11 is 0. The Labute approximate surface area is 182 Å². The van der Waals surface area contributed by atoms with Crippen molar-refractivity contribution in [2.45, 2.75) is 45.3 Å². The number of carboxylic acids is 1. The number of carboxylic acid groups (broad SMARTS) is 1. The van der Waals surface area contributed by atoms with Crippen LogP contribution in [0.3, 0.4) is 0 Å². The Kier molecular flexibility index (Phi) is 7.63. The second kappa shape index (κ2) is 10.4. The molecule has 31 heavy (non-hydrogen) atoms. The van der Waals surface area contributed by atoms with Crippen molar-refractivity contribution in [3.8, 4) is 5.75 Å². The third-order valence-corrected chi connectivity index (χ3v) is 5.65. The van der Waals surface area contributed by atoms with Crippen LogP contribution in [0.4, 0.5) is 4.39 Å². The number of hydrogen-bond donors (Lipinski definition) is 1. The number of carbonyl (C=O) groups excluding carboxylic acids is 1. The van der Waals surface area contributed by atoms with Crippen LogP contribution >= 0.6 is 0 Å². The summed E-state index contributed by atoms with van der Waals surface area (Å²) in [4.78, 5) is 27.6. The molecule has 0 aliphatic carbocycles. The Morgan fingerprint density at radius 1 is 1.00 bits per heavy atom. The average molecular weight is 429 g/mol. The van der Waals surface area contributed by atoms with E-state index in [2.05, 4.69) is 11.8 Å². The molecule has 1 aliphatic heterocycles. The average Bonchev–Trinajstić information content (AvgIpc) is 2.75. The Morgan fingerprint density at radius 3 is 2.29 bits per heavy atom. The van der Waals surface area contributed by atoms with Crippen molar-refractivity contribution in [1.29, 1.82) is 0 Å². The van der Waals surface area contributed by atoms with Crippen molar-refractivity contribution in [3.05, 3.63) is 65.5 Å². The van der Waals surface area contributed by atoms with Gasteiger partial charge in [0.15, 0.2) is 6.61 Å². The van der Waals surface area contributed by atoms with Gasteiger partial charge in [0.2, 0.25) is 0 Å². The van der Waals surface area contributed by atoms with Crippen LogP contribution in [0.2, 0.25) is 0 Å². The lowest BCUT2D eigenvalue weighted by molar-refractivity contribution is -0.139.